The Hall–Kier alpha value is -0.230. The van der Waals surface area contributed by atoms with Crippen LogP contribution in [0.25, 0.3) is 0 Å². The van der Waals surface area contributed by atoms with Crippen LogP contribution in [0.3, 0.4) is 0 Å². The van der Waals surface area contributed by atoms with Gasteiger partial charge in [0, 0.05) is 12.8 Å². The van der Waals surface area contributed by atoms with Crippen molar-refractivity contribution in [2.75, 3.05) is 26.5 Å². The number of methoxy groups -OCH3 is 1. The van der Waals surface area contributed by atoms with Crippen molar-refractivity contribution in [1.82, 2.24) is 0 Å². The molecule has 0 bridgehead atoms. The molecule has 18 heavy (non-hydrogen) atoms. The van der Waals surface area contributed by atoms with Crippen molar-refractivity contribution in [1.29, 1.82) is 0 Å². The Morgan fingerprint density at radius 1 is 1.11 bits per heavy atom. The van der Waals surface area contributed by atoms with E-state index >= 15 is 0 Å². The van der Waals surface area contributed by atoms with Crippen LogP contribution >= 0.6 is 11.8 Å². The van der Waals surface area contributed by atoms with Crippen LogP contribution in [-0.2, 0) is 0 Å². The molecule has 0 N–H and O–H groups in total. The number of halogens is 1. The average Bonchev–Trinajstić information content (AvgIpc) is 2.42. The van der Waals surface area contributed by atoms with Gasteiger partial charge in [0.05, 0.1) is 12.7 Å². The lowest BCUT2D eigenvalue weighted by Crippen LogP contribution is -3.00. The molecule has 0 saturated carbocycles. The Kier molecular flexibility index (Phi) is 7.07. The smallest absolute Gasteiger partial charge is 0.241 e. The van der Waals surface area contributed by atoms with E-state index in [1.54, 1.807) is 7.11 Å². The molecule has 0 aromatic heterocycles. The zero-order valence-corrected chi connectivity index (χ0v) is 14.0. The summed E-state index contributed by atoms with van der Waals surface area (Å²) in [7, 11) is 1.71. The molecule has 0 aliphatic carbocycles. The molecule has 0 spiro atoms. The quantitative estimate of drug-likeness (QED) is 0.409. The maximum absolute atomic E-state index is 5.20. The van der Waals surface area contributed by atoms with Crippen molar-refractivity contribution in [3.63, 3.8) is 0 Å². The maximum atomic E-state index is 5.20. The summed E-state index contributed by atoms with van der Waals surface area (Å²) < 4.78 is 7.71. The minimum atomic E-state index is 0. The molecule has 1 saturated heterocycles. The van der Waals surface area contributed by atoms with Crippen LogP contribution in [0.15, 0.2) is 24.3 Å². The third-order valence-corrected chi connectivity index (χ3v) is 4.05. The third-order valence-electron chi connectivity index (χ3n) is 3.17. The summed E-state index contributed by atoms with van der Waals surface area (Å²) in [5, 5.41) is 1.40. The number of benzene rings is 1. The molecule has 0 atom stereocenters. The third kappa shape index (κ3) is 3.88. The molecule has 0 radical (unpaired) electrons. The molecule has 1 aromatic rings. The fraction of sp³-hybridized carbons (Fsp3) is 0.500. The summed E-state index contributed by atoms with van der Waals surface area (Å²) in [6, 6.07) is 8.38. The van der Waals surface area contributed by atoms with Crippen molar-refractivity contribution < 1.29 is 33.3 Å². The fourth-order valence-corrected chi connectivity index (χ4v) is 3.07. The van der Waals surface area contributed by atoms with Gasteiger partial charge in [-0.2, -0.15) is 0 Å². The fourth-order valence-electron chi connectivity index (χ4n) is 2.26. The number of ether oxygens (including phenoxy) is 1. The van der Waals surface area contributed by atoms with Crippen LogP contribution in [-0.4, -0.2) is 36.1 Å². The molecular formula is C14H20INOS. The minimum absolute atomic E-state index is 0. The summed E-state index contributed by atoms with van der Waals surface area (Å²) in [6.07, 6.45) is 6.18. The normalized spacial score (nSPS) is 14.9. The first kappa shape index (κ1) is 15.8. The highest BCUT2D eigenvalue weighted by atomic mass is 127. The van der Waals surface area contributed by atoms with Gasteiger partial charge in [-0.25, -0.2) is 4.58 Å². The molecule has 2 nitrogen and oxygen atoms in total. The second-order valence-electron chi connectivity index (χ2n) is 4.29. The molecule has 100 valence electrons. The van der Waals surface area contributed by atoms with Crippen LogP contribution in [0.1, 0.15) is 24.8 Å². The van der Waals surface area contributed by atoms with Crippen LogP contribution in [0.4, 0.5) is 0 Å². The van der Waals surface area contributed by atoms with Gasteiger partial charge in [-0.15, -0.1) is 0 Å². The summed E-state index contributed by atoms with van der Waals surface area (Å²) in [5.74, 6) is 0.924. The first-order valence-electron chi connectivity index (χ1n) is 6.15. The number of hydrogen-bond donors (Lipinski definition) is 0. The highest BCUT2D eigenvalue weighted by Crippen LogP contribution is 2.18. The molecule has 1 fully saturated rings. The summed E-state index contributed by atoms with van der Waals surface area (Å²) in [6.45, 7) is 2.39. The van der Waals surface area contributed by atoms with Crippen molar-refractivity contribution >= 4 is 16.8 Å². The molecule has 1 aliphatic heterocycles. The van der Waals surface area contributed by atoms with Gasteiger partial charge in [0.15, 0.2) is 0 Å². The number of nitrogens with zero attached hydrogens (tertiary/aromatic N) is 1. The van der Waals surface area contributed by atoms with E-state index in [4.69, 9.17) is 4.74 Å². The van der Waals surface area contributed by atoms with E-state index in [0.29, 0.717) is 0 Å². The SMILES string of the molecule is COc1ccc(C(SC)=[N+]2CCCCC2)cc1.[I-]. The monoisotopic (exact) mass is 377 g/mol. The molecule has 0 amide bonds. The number of piperidine rings is 1. The molecule has 1 heterocycles. The lowest BCUT2D eigenvalue weighted by molar-refractivity contribution is -0.534. The summed E-state index contributed by atoms with van der Waals surface area (Å²) >= 11 is 1.84. The van der Waals surface area contributed by atoms with Crippen LogP contribution in [0.2, 0.25) is 0 Å². The Morgan fingerprint density at radius 2 is 1.72 bits per heavy atom. The van der Waals surface area contributed by atoms with Gasteiger partial charge in [-0.05, 0) is 36.9 Å². The lowest BCUT2D eigenvalue weighted by Gasteiger charge is -2.13. The number of thioether (sulfide) groups is 1. The predicted octanol–water partition coefficient (Wildman–Crippen LogP) is 0.00520. The number of hydrogen-bond acceptors (Lipinski definition) is 2. The minimum Gasteiger partial charge on any atom is -1.00 e. The topological polar surface area (TPSA) is 12.2 Å². The Morgan fingerprint density at radius 3 is 2.22 bits per heavy atom. The standard InChI is InChI=1S/C14H20NOS.HI/c1-16-13-8-6-12(7-9-13)14(17-2)15-10-4-3-5-11-15;/h6-9H,3-5,10-11H2,1-2H3;1H/q+1;/p-1. The number of rotatable bonds is 2. The van der Waals surface area contributed by atoms with E-state index in [0.717, 1.165) is 5.75 Å². The van der Waals surface area contributed by atoms with Crippen molar-refractivity contribution in [2.45, 2.75) is 19.3 Å². The van der Waals surface area contributed by atoms with E-state index in [1.807, 2.05) is 23.9 Å². The Balaban J connectivity index is 0.00000162. The van der Waals surface area contributed by atoms with Crippen molar-refractivity contribution in [3.8, 4) is 5.75 Å². The molecular weight excluding hydrogens is 357 g/mol. The highest BCUT2D eigenvalue weighted by molar-refractivity contribution is 8.13. The second kappa shape index (κ2) is 8.04. The predicted molar refractivity (Wildman–Crippen MR) is 74.5 cm³/mol. The summed E-state index contributed by atoms with van der Waals surface area (Å²) in [5.41, 5.74) is 1.31. The van der Waals surface area contributed by atoms with Crippen molar-refractivity contribution in [3.05, 3.63) is 29.8 Å². The molecule has 4 heteroatoms. The van der Waals surface area contributed by atoms with E-state index < -0.39 is 0 Å². The zero-order chi connectivity index (χ0) is 12.1. The van der Waals surface area contributed by atoms with E-state index in [9.17, 15) is 0 Å². The van der Waals surface area contributed by atoms with E-state index in [1.165, 1.54) is 43.0 Å². The summed E-state index contributed by atoms with van der Waals surface area (Å²) in [4.78, 5) is 0. The van der Waals surface area contributed by atoms with Gasteiger partial charge in [0.25, 0.3) is 0 Å². The van der Waals surface area contributed by atoms with Gasteiger partial charge in [0.1, 0.15) is 18.8 Å². The van der Waals surface area contributed by atoms with Gasteiger partial charge in [-0.3, -0.25) is 0 Å². The molecule has 1 aliphatic rings. The zero-order valence-electron chi connectivity index (χ0n) is 11.0. The van der Waals surface area contributed by atoms with Gasteiger partial charge in [0.2, 0.25) is 5.04 Å². The van der Waals surface area contributed by atoms with E-state index in [2.05, 4.69) is 23.0 Å². The molecule has 0 unspecified atom stereocenters. The van der Waals surface area contributed by atoms with Crippen LogP contribution in [0, 0.1) is 0 Å². The first-order valence-corrected chi connectivity index (χ1v) is 7.38. The van der Waals surface area contributed by atoms with Crippen molar-refractivity contribution in [2.24, 2.45) is 0 Å². The average molecular weight is 377 g/mol. The van der Waals surface area contributed by atoms with Gasteiger partial charge >= 0.3 is 0 Å². The van der Waals surface area contributed by atoms with Crippen LogP contribution in [0.5, 0.6) is 5.75 Å². The maximum Gasteiger partial charge on any atom is 0.241 e. The highest BCUT2D eigenvalue weighted by Gasteiger charge is 2.19. The molecule has 2 rings (SSSR count). The van der Waals surface area contributed by atoms with Gasteiger partial charge in [-0.1, -0.05) is 11.8 Å². The first-order chi connectivity index (χ1) is 8.35. The Bertz CT molecular complexity index is 395. The Labute approximate surface area is 131 Å². The van der Waals surface area contributed by atoms with Gasteiger partial charge < -0.3 is 28.7 Å². The largest absolute Gasteiger partial charge is 1.00 e. The second-order valence-corrected chi connectivity index (χ2v) is 5.08. The van der Waals surface area contributed by atoms with Crippen LogP contribution < -0.4 is 28.7 Å². The lowest BCUT2D eigenvalue weighted by atomic mass is 10.1. The molecule has 1 aromatic carbocycles. The van der Waals surface area contributed by atoms with E-state index in [-0.39, 0.29) is 24.0 Å².